The van der Waals surface area contributed by atoms with E-state index in [1.165, 1.54) is 18.2 Å². The van der Waals surface area contributed by atoms with Gasteiger partial charge in [0.25, 0.3) is 5.69 Å². The Morgan fingerprint density at radius 2 is 0.511 bits per heavy atom. The lowest BCUT2D eigenvalue weighted by atomic mass is 10.1. The lowest BCUT2D eigenvalue weighted by molar-refractivity contribution is -0.385. The van der Waals surface area contributed by atoms with Gasteiger partial charge in [0.1, 0.15) is 93.1 Å². The smallest absolute Gasteiger partial charge is 0.407 e. The second-order valence-corrected chi connectivity index (χ2v) is 34.1. The first kappa shape index (κ1) is 107. The number of hydrogen-bond acceptors (Lipinski definition) is 28. The number of hydrogen-bond donors (Lipinski definition) is 1. The van der Waals surface area contributed by atoms with Gasteiger partial charge < -0.3 is 119 Å². The van der Waals surface area contributed by atoms with E-state index in [9.17, 15) is 19.5 Å². The third kappa shape index (κ3) is 48.2. The molecule has 1 atom stereocenters. The van der Waals surface area contributed by atoms with E-state index in [0.717, 1.165) is 77.9 Å². The Bertz CT molecular complexity index is 4220. The van der Waals surface area contributed by atoms with Crippen LogP contribution in [0.3, 0.4) is 0 Å². The third-order valence-corrected chi connectivity index (χ3v) is 21.0. The van der Waals surface area contributed by atoms with E-state index in [-0.39, 0.29) is 56.6 Å². The van der Waals surface area contributed by atoms with Crippen LogP contribution in [0.15, 0.2) is 146 Å². The summed E-state index contributed by atoms with van der Waals surface area (Å²) in [5.74, 6) is 3.64. The van der Waals surface area contributed by atoms with E-state index in [2.05, 4.69) is 134 Å². The van der Waals surface area contributed by atoms with Gasteiger partial charge in [-0.2, -0.15) is 0 Å². The fourth-order valence-electron chi connectivity index (χ4n) is 13.5. The molecule has 131 heavy (non-hydrogen) atoms. The molecule has 0 heterocycles. The number of alkyl carbamates (subject to hydrolysis) is 1. The Morgan fingerprint density at radius 1 is 0.290 bits per heavy atom. The van der Waals surface area contributed by atoms with Crippen LogP contribution in [0, 0.1) is 65.5 Å². The van der Waals surface area contributed by atoms with Gasteiger partial charge in [-0.1, -0.05) is 117 Å². The van der Waals surface area contributed by atoms with Crippen molar-refractivity contribution in [1.82, 2.24) is 5.32 Å². The quantitative estimate of drug-likeness (QED) is 0.0160. The Labute approximate surface area is 772 Å². The minimum absolute atomic E-state index is 0.0231. The number of carbonyl (C=O) groups is 1. The Balaban J connectivity index is 0.675. The molecule has 0 aliphatic carbocycles. The second-order valence-electron chi connectivity index (χ2n) is 31.3. The standard InChI is InChI=1S/C100H137N2O28P/c1-11-130-131(10,106)45-44-121-43-42-120-41-40-119-39-38-118-37-36-117-35-34-116-33-32-115-31-30-114-29-28-113-27-26-112-25-24-111-23-22-110-21-20-109-19-18-108-17-16-107-15-14-101-100(103)129-75-91-64-92(12-13-99(91)102(104)105)122-72-88-58-97(127-73-89-60-93(123-68-84-50-76(2)46-77(3)51-84)65-94(61-89)124-69-85-52-78(4)47-79(5)53-85)67-98(59-88)128-74-90-62-95(125-70-86-54-80(6)48-81(7)55-86)66-96(63-90)126-71-87-56-82(8)49-83(9)57-87/h12-13,46-67H,11,14-45,68-75H2,1-10H3,(H,101,103). The average molecular weight is 1850 g/mol. The van der Waals surface area contributed by atoms with Crippen molar-refractivity contribution in [1.29, 1.82) is 0 Å². The van der Waals surface area contributed by atoms with E-state index in [1.54, 1.807) is 6.66 Å². The van der Waals surface area contributed by atoms with Crippen molar-refractivity contribution in [2.75, 3.05) is 224 Å². The molecule has 0 saturated carbocycles. The molecule has 0 bridgehead atoms. The molecule has 30 nitrogen and oxygen atoms in total. The number of nitrogens with one attached hydrogen (secondary N) is 1. The number of carbonyl (C=O) groups excluding carboxylic acids is 1. The molecule has 720 valence electrons. The summed E-state index contributed by atoms with van der Waals surface area (Å²) >= 11 is 0. The van der Waals surface area contributed by atoms with Crippen LogP contribution in [0.25, 0.3) is 0 Å². The molecule has 1 N–H and O–H groups in total. The summed E-state index contributed by atoms with van der Waals surface area (Å²) in [6, 6.07) is 46.8. The number of nitrogens with zero attached hydrogens (tertiary/aromatic N) is 1. The SMILES string of the molecule is CCOP(C)(=O)CCOCCOCCOCCOCCOCCOCCOCCOCCOCCOCCOCCOCCOCCOCCOCCNC(=O)OCc1cc(OCc2cc(OCc3cc(OCc4cc(C)cc(C)c4)cc(OCc4cc(C)cc(C)c4)c3)cc(OCc3cc(OCc4cc(C)cc(C)c4)cc(OCc4cc(C)cc(C)c4)c3)c2)ccc1[N+](=O)[O-]. The summed E-state index contributed by atoms with van der Waals surface area (Å²) in [6.07, 6.45) is -0.394. The topological polar surface area (TPSA) is 311 Å². The zero-order valence-corrected chi connectivity index (χ0v) is 79.1. The van der Waals surface area contributed by atoms with Gasteiger partial charge in [-0.3, -0.25) is 14.7 Å². The van der Waals surface area contributed by atoms with Crippen LogP contribution >= 0.6 is 7.37 Å². The van der Waals surface area contributed by atoms with Crippen LogP contribution in [-0.4, -0.2) is 235 Å². The minimum Gasteiger partial charge on any atom is -0.489 e. The summed E-state index contributed by atoms with van der Waals surface area (Å²) in [7, 11) is -2.56. The van der Waals surface area contributed by atoms with E-state index in [4.69, 9.17) is 113 Å². The molecule has 31 heteroatoms. The minimum atomic E-state index is -2.56. The highest BCUT2D eigenvalue weighted by Gasteiger charge is 2.20. The number of aryl methyl sites for hydroxylation is 8. The predicted octanol–water partition coefficient (Wildman–Crippen LogP) is 16.5. The molecule has 0 radical (unpaired) electrons. The summed E-state index contributed by atoms with van der Waals surface area (Å²) in [6.45, 7) is 34.3. The van der Waals surface area contributed by atoms with Crippen molar-refractivity contribution >= 4 is 19.1 Å². The fraction of sp³-hybridized carbons (Fsp3) is 0.510. The monoisotopic (exact) mass is 1840 g/mol. The molecule has 8 aromatic rings. The number of nitro groups is 1. The van der Waals surface area contributed by atoms with Crippen LogP contribution < -0.4 is 38.5 Å². The van der Waals surface area contributed by atoms with E-state index < -0.39 is 25.0 Å². The van der Waals surface area contributed by atoms with Gasteiger partial charge in [-0.25, -0.2) is 4.79 Å². The van der Waals surface area contributed by atoms with Gasteiger partial charge in [0.15, 0.2) is 0 Å². The Hall–Kier alpha value is -9.38. The average Bonchev–Trinajstić information content (AvgIpc) is 0.830. The van der Waals surface area contributed by atoms with Gasteiger partial charge in [-0.15, -0.1) is 0 Å². The number of amides is 1. The van der Waals surface area contributed by atoms with E-state index in [0.29, 0.717) is 264 Å². The lowest BCUT2D eigenvalue weighted by Gasteiger charge is -2.16. The summed E-state index contributed by atoms with van der Waals surface area (Å²) in [5, 5.41) is 15.0. The highest BCUT2D eigenvalue weighted by atomic mass is 31.2. The van der Waals surface area contributed by atoms with E-state index in [1.807, 2.05) is 61.5 Å². The first-order valence-corrected chi connectivity index (χ1v) is 47.1. The van der Waals surface area contributed by atoms with Crippen LogP contribution in [0.4, 0.5) is 10.5 Å². The van der Waals surface area contributed by atoms with Gasteiger partial charge >= 0.3 is 6.09 Å². The molecule has 8 aromatic carbocycles. The lowest BCUT2D eigenvalue weighted by Crippen LogP contribution is -2.28. The number of benzene rings is 8. The number of nitro benzene ring substituents is 1. The van der Waals surface area contributed by atoms with Crippen LogP contribution in [0.2, 0.25) is 0 Å². The van der Waals surface area contributed by atoms with Gasteiger partial charge in [-0.05, 0) is 150 Å². The van der Waals surface area contributed by atoms with Crippen molar-refractivity contribution in [2.24, 2.45) is 0 Å². The maximum Gasteiger partial charge on any atom is 0.407 e. The summed E-state index contributed by atoms with van der Waals surface area (Å²) in [5.41, 5.74) is 15.4. The highest BCUT2D eigenvalue weighted by Crippen LogP contribution is 2.42. The Morgan fingerprint density at radius 3 is 0.748 bits per heavy atom. The first-order chi connectivity index (χ1) is 63.7. The molecule has 0 fully saturated rings. The summed E-state index contributed by atoms with van der Waals surface area (Å²) < 4.78 is 152. The number of rotatable bonds is 74. The normalized spacial score (nSPS) is 11.8. The van der Waals surface area contributed by atoms with Crippen LogP contribution in [-0.2, 0) is 138 Å². The second kappa shape index (κ2) is 63.7. The molecule has 0 aliphatic heterocycles. The molecule has 8 rings (SSSR count). The zero-order valence-electron chi connectivity index (χ0n) is 78.2. The molecule has 0 aromatic heterocycles. The highest BCUT2D eigenvalue weighted by molar-refractivity contribution is 7.58. The molecule has 0 aliphatic rings. The predicted molar refractivity (Wildman–Crippen MR) is 497 cm³/mol. The fourth-order valence-corrected chi connectivity index (χ4v) is 14.7. The number of ether oxygens (including phenoxy) is 23. The van der Waals surface area contributed by atoms with Crippen LogP contribution in [0.5, 0.6) is 40.2 Å². The third-order valence-electron chi connectivity index (χ3n) is 19.2. The van der Waals surface area contributed by atoms with E-state index >= 15 is 0 Å². The maximum atomic E-state index is 12.9. The molecular formula is C100H137N2O28P. The molecule has 0 spiro atoms. The first-order valence-electron chi connectivity index (χ1n) is 44.8. The largest absolute Gasteiger partial charge is 0.489 e. The maximum absolute atomic E-state index is 12.9. The van der Waals surface area contributed by atoms with Gasteiger partial charge in [0.2, 0.25) is 7.37 Å². The van der Waals surface area contributed by atoms with Crippen LogP contribution in [0.1, 0.15) is 95.9 Å². The molecular weight excluding hydrogens is 1710 g/mol. The van der Waals surface area contributed by atoms with Crippen molar-refractivity contribution in [2.45, 2.75) is 115 Å². The van der Waals surface area contributed by atoms with Crippen molar-refractivity contribution in [3.8, 4) is 40.2 Å². The summed E-state index contributed by atoms with van der Waals surface area (Å²) in [4.78, 5) is 24.7. The van der Waals surface area contributed by atoms with Crippen molar-refractivity contribution in [3.63, 3.8) is 0 Å². The zero-order chi connectivity index (χ0) is 93.2. The van der Waals surface area contributed by atoms with Gasteiger partial charge in [0, 0.05) is 43.6 Å². The Kier molecular flexibility index (Phi) is 52.0. The molecule has 0 saturated heterocycles. The van der Waals surface area contributed by atoms with Crippen molar-refractivity contribution < 1.29 is 128 Å². The molecule has 1 unspecified atom stereocenters. The van der Waals surface area contributed by atoms with Crippen molar-refractivity contribution in [3.05, 3.63) is 245 Å². The molecule has 1 amide bonds. The van der Waals surface area contributed by atoms with Gasteiger partial charge in [0.05, 0.1) is 215 Å².